The number of anilines is 1. The van der Waals surface area contributed by atoms with E-state index in [0.29, 0.717) is 13.1 Å². The maximum atomic E-state index is 12.2. The zero-order chi connectivity index (χ0) is 15.6. The first-order valence-corrected chi connectivity index (χ1v) is 7.78. The number of benzene rings is 1. The fourth-order valence-electron chi connectivity index (χ4n) is 2.35. The van der Waals surface area contributed by atoms with E-state index >= 15 is 0 Å². The van der Waals surface area contributed by atoms with Crippen LogP contribution in [0.4, 0.5) is 5.69 Å². The summed E-state index contributed by atoms with van der Waals surface area (Å²) in [6, 6.07) is 5.68. The van der Waals surface area contributed by atoms with Crippen LogP contribution in [0.5, 0.6) is 0 Å². The smallest absolute Gasteiger partial charge is 0.227 e. The summed E-state index contributed by atoms with van der Waals surface area (Å²) < 4.78 is 1.00. The first-order valence-electron chi connectivity index (χ1n) is 6.99. The normalized spacial score (nSPS) is 18.8. The summed E-state index contributed by atoms with van der Waals surface area (Å²) in [7, 11) is 0. The Balaban J connectivity index is 0.00000242. The molecule has 0 bridgehead atoms. The first kappa shape index (κ1) is 18.9. The quantitative estimate of drug-likeness (QED) is 0.825. The Hall–Kier alpha value is -1.11. The highest BCUT2D eigenvalue weighted by molar-refractivity contribution is 9.10. The number of nitrogens with two attached hydrogens (primary N) is 1. The van der Waals surface area contributed by atoms with E-state index < -0.39 is 0 Å². The van der Waals surface area contributed by atoms with Gasteiger partial charge in [0.05, 0.1) is 5.92 Å². The largest absolute Gasteiger partial charge is 0.352 e. The Morgan fingerprint density at radius 1 is 1.55 bits per heavy atom. The molecule has 0 saturated carbocycles. The van der Waals surface area contributed by atoms with E-state index in [4.69, 9.17) is 5.73 Å². The van der Waals surface area contributed by atoms with E-state index in [1.807, 2.05) is 32.0 Å². The summed E-state index contributed by atoms with van der Waals surface area (Å²) in [6.07, 6.45) is 0.248. The average Bonchev–Trinajstić information content (AvgIpc) is 2.84. The van der Waals surface area contributed by atoms with Gasteiger partial charge in [0.25, 0.3) is 0 Å². The van der Waals surface area contributed by atoms with Gasteiger partial charge in [-0.2, -0.15) is 0 Å². The van der Waals surface area contributed by atoms with Crippen molar-refractivity contribution in [3.05, 3.63) is 28.2 Å². The van der Waals surface area contributed by atoms with Crippen LogP contribution in [0.15, 0.2) is 22.7 Å². The van der Waals surface area contributed by atoms with Gasteiger partial charge in [0.15, 0.2) is 0 Å². The monoisotopic (exact) mass is 389 g/mol. The van der Waals surface area contributed by atoms with Crippen molar-refractivity contribution in [2.45, 2.75) is 26.3 Å². The minimum absolute atomic E-state index is 0. The van der Waals surface area contributed by atoms with Crippen molar-refractivity contribution in [3.63, 3.8) is 0 Å². The van der Waals surface area contributed by atoms with Crippen LogP contribution >= 0.6 is 28.3 Å². The summed E-state index contributed by atoms with van der Waals surface area (Å²) in [4.78, 5) is 25.9. The van der Waals surface area contributed by atoms with Crippen LogP contribution in [0.1, 0.15) is 18.9 Å². The molecule has 122 valence electrons. The zero-order valence-corrected chi connectivity index (χ0v) is 15.0. The molecule has 1 saturated heterocycles. The van der Waals surface area contributed by atoms with Crippen LogP contribution in [-0.2, 0) is 9.59 Å². The summed E-state index contributed by atoms with van der Waals surface area (Å²) in [5.41, 5.74) is 7.40. The Kier molecular flexibility index (Phi) is 6.84. The van der Waals surface area contributed by atoms with Gasteiger partial charge in [0.2, 0.25) is 11.8 Å². The molecule has 1 aliphatic heterocycles. The minimum atomic E-state index is -0.310. The second-order valence-corrected chi connectivity index (χ2v) is 6.34. The number of carbonyl (C=O) groups excluding carboxylic acids is 2. The van der Waals surface area contributed by atoms with E-state index in [-0.39, 0.29) is 42.6 Å². The Morgan fingerprint density at radius 2 is 2.23 bits per heavy atom. The molecule has 0 aliphatic carbocycles. The number of aryl methyl sites for hydroxylation is 1. The Bertz CT molecular complexity index is 568. The molecule has 1 aromatic rings. The van der Waals surface area contributed by atoms with Gasteiger partial charge in [-0.15, -0.1) is 12.4 Å². The summed E-state index contributed by atoms with van der Waals surface area (Å²) >= 11 is 3.44. The molecule has 0 aromatic heterocycles. The van der Waals surface area contributed by atoms with Gasteiger partial charge >= 0.3 is 0 Å². The van der Waals surface area contributed by atoms with Gasteiger partial charge in [-0.1, -0.05) is 15.9 Å². The third-order valence-corrected chi connectivity index (χ3v) is 4.58. The number of nitrogens with one attached hydrogen (secondary N) is 1. The fourth-order valence-corrected chi connectivity index (χ4v) is 2.60. The number of halogens is 2. The first-order chi connectivity index (χ1) is 9.92. The van der Waals surface area contributed by atoms with E-state index in [1.165, 1.54) is 0 Å². The summed E-state index contributed by atoms with van der Waals surface area (Å²) in [6.45, 7) is 4.64. The van der Waals surface area contributed by atoms with Crippen molar-refractivity contribution in [2.75, 3.05) is 18.0 Å². The molecular formula is C15H21BrClN3O2. The molecule has 2 amide bonds. The van der Waals surface area contributed by atoms with E-state index in [1.54, 1.807) is 4.90 Å². The van der Waals surface area contributed by atoms with E-state index in [2.05, 4.69) is 21.2 Å². The number of amides is 2. The van der Waals surface area contributed by atoms with Crippen molar-refractivity contribution in [2.24, 2.45) is 11.7 Å². The number of hydrogen-bond acceptors (Lipinski definition) is 3. The lowest BCUT2D eigenvalue weighted by atomic mass is 10.1. The number of hydrogen-bond donors (Lipinski definition) is 2. The number of carbonyl (C=O) groups is 2. The van der Waals surface area contributed by atoms with Crippen LogP contribution in [0.3, 0.4) is 0 Å². The van der Waals surface area contributed by atoms with E-state index in [0.717, 1.165) is 15.7 Å². The van der Waals surface area contributed by atoms with Crippen molar-refractivity contribution >= 4 is 45.8 Å². The molecule has 1 fully saturated rings. The van der Waals surface area contributed by atoms with Crippen LogP contribution in [0.25, 0.3) is 0 Å². The van der Waals surface area contributed by atoms with Gasteiger partial charge < -0.3 is 16.0 Å². The fraction of sp³-hybridized carbons (Fsp3) is 0.467. The second-order valence-electron chi connectivity index (χ2n) is 5.48. The molecule has 0 spiro atoms. The van der Waals surface area contributed by atoms with Gasteiger partial charge in [-0.05, 0) is 37.6 Å². The second kappa shape index (κ2) is 7.94. The molecule has 3 N–H and O–H groups in total. The molecule has 0 radical (unpaired) electrons. The third-order valence-electron chi connectivity index (χ3n) is 3.69. The number of nitrogens with zero attached hydrogens (tertiary/aromatic N) is 1. The molecule has 2 atom stereocenters. The molecule has 1 aromatic carbocycles. The average molecular weight is 391 g/mol. The lowest BCUT2D eigenvalue weighted by Gasteiger charge is -2.18. The molecular weight excluding hydrogens is 370 g/mol. The third kappa shape index (κ3) is 4.21. The molecule has 1 heterocycles. The van der Waals surface area contributed by atoms with Crippen LogP contribution < -0.4 is 16.0 Å². The molecule has 5 nitrogen and oxygen atoms in total. The zero-order valence-electron chi connectivity index (χ0n) is 12.6. The lowest BCUT2D eigenvalue weighted by Crippen LogP contribution is -2.41. The van der Waals surface area contributed by atoms with Crippen LogP contribution in [-0.4, -0.2) is 30.9 Å². The SMILES string of the molecule is Cc1cc(N2CC(C(=O)N[C@@H](C)CN)CC2=O)ccc1Br.Cl. The highest BCUT2D eigenvalue weighted by Crippen LogP contribution is 2.28. The molecule has 7 heteroatoms. The van der Waals surface area contributed by atoms with Crippen molar-refractivity contribution in [1.82, 2.24) is 5.32 Å². The topological polar surface area (TPSA) is 75.4 Å². The highest BCUT2D eigenvalue weighted by atomic mass is 79.9. The van der Waals surface area contributed by atoms with E-state index in [9.17, 15) is 9.59 Å². The molecule has 2 rings (SSSR count). The maximum absolute atomic E-state index is 12.2. The van der Waals surface area contributed by atoms with Gasteiger partial charge in [-0.25, -0.2) is 0 Å². The van der Waals surface area contributed by atoms with Crippen molar-refractivity contribution in [3.8, 4) is 0 Å². The van der Waals surface area contributed by atoms with Gasteiger partial charge in [-0.3, -0.25) is 9.59 Å². The predicted molar refractivity (Wildman–Crippen MR) is 93.2 cm³/mol. The molecule has 1 aliphatic rings. The van der Waals surface area contributed by atoms with Crippen LogP contribution in [0, 0.1) is 12.8 Å². The summed E-state index contributed by atoms with van der Waals surface area (Å²) in [5.74, 6) is -0.426. The Labute approximate surface area is 145 Å². The predicted octanol–water partition coefficient (Wildman–Crippen LogP) is 2.00. The Morgan fingerprint density at radius 3 is 2.82 bits per heavy atom. The van der Waals surface area contributed by atoms with Gasteiger partial charge in [0, 0.05) is 35.7 Å². The highest BCUT2D eigenvalue weighted by Gasteiger charge is 2.35. The van der Waals surface area contributed by atoms with Crippen LogP contribution in [0.2, 0.25) is 0 Å². The van der Waals surface area contributed by atoms with Gasteiger partial charge in [0.1, 0.15) is 0 Å². The summed E-state index contributed by atoms with van der Waals surface area (Å²) in [5, 5.41) is 2.83. The molecule has 22 heavy (non-hydrogen) atoms. The van der Waals surface area contributed by atoms with Crippen molar-refractivity contribution < 1.29 is 9.59 Å². The minimum Gasteiger partial charge on any atom is -0.352 e. The maximum Gasteiger partial charge on any atom is 0.227 e. The van der Waals surface area contributed by atoms with Crippen molar-refractivity contribution in [1.29, 1.82) is 0 Å². The molecule has 1 unspecified atom stereocenters. The lowest BCUT2D eigenvalue weighted by molar-refractivity contribution is -0.126. The number of rotatable bonds is 4. The standard InChI is InChI=1S/C15H20BrN3O2.ClH/c1-9-5-12(3-4-13(9)16)19-8-11(6-14(19)20)15(21)18-10(2)7-17;/h3-5,10-11H,6-8,17H2,1-2H3,(H,18,21);1H/t10-,11?;/m0./s1.